The van der Waals surface area contributed by atoms with E-state index in [4.69, 9.17) is 14.0 Å². The molecule has 7 aromatic carbocycles. The second kappa shape index (κ2) is 20.1. The van der Waals surface area contributed by atoms with Gasteiger partial charge in [-0.05, 0) is 98.0 Å². The predicted octanol–water partition coefficient (Wildman–Crippen LogP) is 16.9. The first-order chi connectivity index (χ1) is 34.5. The van der Waals surface area contributed by atoms with Crippen LogP contribution in [0.4, 0.5) is 0 Å². The number of aryl methyl sites for hydroxylation is 1. The molecule has 5 heteroatoms. The summed E-state index contributed by atoms with van der Waals surface area (Å²) in [6.45, 7) is 10.9. The molecule has 3 aromatic heterocycles. The minimum absolute atomic E-state index is 0. The largest absolute Gasteiger partial charge is 0.501 e. The molecule has 4 nitrogen and oxygen atoms in total. The summed E-state index contributed by atoms with van der Waals surface area (Å²) < 4.78 is 67.7. The van der Waals surface area contributed by atoms with Crippen molar-refractivity contribution in [2.24, 2.45) is 5.41 Å². The van der Waals surface area contributed by atoms with Gasteiger partial charge in [0.25, 0.3) is 0 Å². The van der Waals surface area contributed by atoms with Crippen LogP contribution in [0.25, 0.3) is 83.7 Å². The molecule has 0 atom stereocenters. The maximum Gasteiger partial charge on any atom is 0.120 e. The summed E-state index contributed by atoms with van der Waals surface area (Å²) in [6, 6.07) is 57.0. The summed E-state index contributed by atoms with van der Waals surface area (Å²) in [5, 5.41) is 2.13. The average molecular weight is 1060 g/mol. The standard InChI is InChI=1S/C34H33N2.C28H24NO.Ir/c1-23(2)30-21-29(26-12-8-6-9-13-26)22-31(24(3)4)33(30)36-19-18-35-34(36)28-17-16-25(5)32(20-28)27-14-10-7-11-15-27;1-28(2,3)18-19-11-13-20(14-12-19)21-15-16-29-25(17-21)24-9-6-8-23-22-7-4-5-10-26(22)30-27(23)24;/h6-16,18-24H,1-5H3;4-8,10-17H,18H2,1-3H3;/q2*-1;/i5D3,23D,24D;18D2;. The summed E-state index contributed by atoms with van der Waals surface area (Å²) in [5.74, 6) is -1.43. The number of hydrogen-bond donors (Lipinski definition) is 0. The molecule has 10 rings (SSSR count). The second-order valence-electron chi connectivity index (χ2n) is 18.0. The Balaban J connectivity index is 0.000000200. The van der Waals surface area contributed by atoms with Gasteiger partial charge in [0.15, 0.2) is 0 Å². The number of aromatic nitrogens is 3. The zero-order chi connectivity index (χ0) is 52.1. The molecular weight excluding hydrogens is 995 g/mol. The van der Waals surface area contributed by atoms with Crippen molar-refractivity contribution in [3.8, 4) is 61.7 Å². The van der Waals surface area contributed by atoms with Gasteiger partial charge < -0.3 is 14.0 Å². The van der Waals surface area contributed by atoms with Gasteiger partial charge in [-0.25, -0.2) is 0 Å². The monoisotopic (exact) mass is 1060 g/mol. The van der Waals surface area contributed by atoms with E-state index in [0.717, 1.165) is 77.8 Å². The molecule has 0 unspecified atom stereocenters. The van der Waals surface area contributed by atoms with Crippen molar-refractivity contribution in [1.82, 2.24) is 14.5 Å². The van der Waals surface area contributed by atoms with E-state index in [1.165, 1.54) is 6.07 Å². The van der Waals surface area contributed by atoms with Crippen LogP contribution in [0.15, 0.2) is 181 Å². The summed E-state index contributed by atoms with van der Waals surface area (Å²) in [6.07, 6.45) is 3.91. The molecular formula is C62H57IrN3O-2. The third kappa shape index (κ3) is 10.2. The van der Waals surface area contributed by atoms with Gasteiger partial charge in [-0.2, -0.15) is 0 Å². The van der Waals surface area contributed by atoms with Crippen LogP contribution in [-0.2, 0) is 26.5 Å². The first-order valence-corrected chi connectivity index (χ1v) is 22.3. The quantitative estimate of drug-likeness (QED) is 0.135. The van der Waals surface area contributed by atoms with Crippen molar-refractivity contribution >= 4 is 21.9 Å². The first kappa shape index (κ1) is 38.5. The summed E-state index contributed by atoms with van der Waals surface area (Å²) >= 11 is 0. The van der Waals surface area contributed by atoms with Crippen LogP contribution in [0.1, 0.15) is 92.1 Å². The van der Waals surface area contributed by atoms with Crippen LogP contribution in [0.5, 0.6) is 0 Å². The smallest absolute Gasteiger partial charge is 0.120 e. The molecule has 0 saturated heterocycles. The summed E-state index contributed by atoms with van der Waals surface area (Å²) in [7, 11) is 0. The van der Waals surface area contributed by atoms with Gasteiger partial charge >= 0.3 is 0 Å². The van der Waals surface area contributed by atoms with Crippen molar-refractivity contribution in [2.45, 2.75) is 73.5 Å². The molecule has 0 saturated carbocycles. The number of pyridine rings is 1. The van der Waals surface area contributed by atoms with Gasteiger partial charge in [0.2, 0.25) is 0 Å². The van der Waals surface area contributed by atoms with Gasteiger partial charge in [0, 0.05) is 59.4 Å². The average Bonchev–Trinajstić information content (AvgIpc) is 4.01. The first-order valence-electron chi connectivity index (χ1n) is 25.8. The summed E-state index contributed by atoms with van der Waals surface area (Å²) in [4.78, 5) is 9.28. The van der Waals surface area contributed by atoms with Gasteiger partial charge in [-0.3, -0.25) is 4.98 Å². The fourth-order valence-electron chi connectivity index (χ4n) is 8.42. The molecule has 0 N–H and O–H groups in total. The van der Waals surface area contributed by atoms with E-state index in [1.54, 1.807) is 12.4 Å². The Morgan fingerprint density at radius 3 is 2.00 bits per heavy atom. The molecule has 10 aromatic rings. The molecule has 0 aliphatic carbocycles. The Morgan fingerprint density at radius 1 is 0.672 bits per heavy atom. The van der Waals surface area contributed by atoms with Crippen molar-refractivity contribution < 1.29 is 34.1 Å². The SMILES string of the molecule is [2H]C([2H])([2H])c1c[c-]c(-c2nccn2-c2c(C([2H])(C)C)cc(-c3ccccc3)cc2C([2H])(C)C)cc1-c1ccccc1.[2H]C([2H])(c1ccc(-c2ccnc(-c3[c-]ccc4c3oc3ccccc34)c2)cc1)C(C)(C)C.[Ir]. The number of fused-ring (bicyclic) bond motifs is 3. The van der Waals surface area contributed by atoms with Crippen molar-refractivity contribution in [3.05, 3.63) is 211 Å². The maximum atomic E-state index is 9.13. The van der Waals surface area contributed by atoms with Crippen LogP contribution in [0.3, 0.4) is 0 Å². The van der Waals surface area contributed by atoms with Gasteiger partial charge in [-0.15, -0.1) is 47.5 Å². The van der Waals surface area contributed by atoms with Crippen molar-refractivity contribution in [3.63, 3.8) is 0 Å². The van der Waals surface area contributed by atoms with E-state index in [9.17, 15) is 0 Å². The van der Waals surface area contributed by atoms with E-state index in [1.807, 2.05) is 205 Å². The molecule has 0 amide bonds. The number of furan rings is 1. The fraction of sp³-hybridized carbons (Fsp3) is 0.194. The van der Waals surface area contributed by atoms with E-state index in [0.29, 0.717) is 22.5 Å². The zero-order valence-electron chi connectivity index (χ0n) is 45.8. The van der Waals surface area contributed by atoms with Crippen LogP contribution in [0, 0.1) is 24.4 Å². The number of hydrogen-bond acceptors (Lipinski definition) is 3. The minimum Gasteiger partial charge on any atom is -0.501 e. The summed E-state index contributed by atoms with van der Waals surface area (Å²) in [5.41, 5.74) is 11.9. The number of imidazole rings is 1. The Bertz CT molecular complexity index is 3550. The minimum atomic E-state index is -2.31. The molecule has 0 aliphatic rings. The van der Waals surface area contributed by atoms with Gasteiger partial charge in [0.05, 0.1) is 11.4 Å². The molecule has 1 radical (unpaired) electrons. The molecule has 0 aliphatic heterocycles. The van der Waals surface area contributed by atoms with E-state index in [-0.39, 0.29) is 25.7 Å². The van der Waals surface area contributed by atoms with Crippen LogP contribution in [0.2, 0.25) is 0 Å². The topological polar surface area (TPSA) is 43.9 Å². The Labute approximate surface area is 420 Å². The molecule has 3 heterocycles. The number of para-hydroxylation sites is 1. The Morgan fingerprint density at radius 2 is 1.33 bits per heavy atom. The van der Waals surface area contributed by atoms with Gasteiger partial charge in [-0.1, -0.05) is 181 Å². The maximum absolute atomic E-state index is 9.13. The van der Waals surface area contributed by atoms with Gasteiger partial charge in [0.1, 0.15) is 5.58 Å². The number of benzene rings is 7. The van der Waals surface area contributed by atoms with E-state index < -0.39 is 30.4 Å². The molecule has 0 fully saturated rings. The van der Waals surface area contributed by atoms with Crippen molar-refractivity contribution in [2.75, 3.05) is 0 Å². The normalized spacial score (nSPS) is 13.7. The Kier molecular flexibility index (Phi) is 11.5. The van der Waals surface area contributed by atoms with Crippen LogP contribution in [-0.4, -0.2) is 14.5 Å². The Hall–Kier alpha value is -6.65. The molecule has 0 bridgehead atoms. The van der Waals surface area contributed by atoms with Crippen molar-refractivity contribution in [1.29, 1.82) is 0 Å². The third-order valence-corrected chi connectivity index (χ3v) is 11.5. The molecule has 337 valence electrons. The number of rotatable bonds is 9. The van der Waals surface area contributed by atoms with Crippen LogP contribution < -0.4 is 0 Å². The van der Waals surface area contributed by atoms with E-state index >= 15 is 0 Å². The predicted molar refractivity (Wildman–Crippen MR) is 276 cm³/mol. The van der Waals surface area contributed by atoms with E-state index in [2.05, 4.69) is 28.2 Å². The third-order valence-electron chi connectivity index (χ3n) is 11.5. The van der Waals surface area contributed by atoms with Crippen LogP contribution >= 0.6 is 0 Å². The molecule has 67 heavy (non-hydrogen) atoms. The zero-order valence-corrected chi connectivity index (χ0v) is 41.2. The fourth-order valence-corrected chi connectivity index (χ4v) is 8.42. The molecule has 0 spiro atoms. The number of nitrogens with zero attached hydrogens (tertiary/aromatic N) is 3. The second-order valence-corrected chi connectivity index (χ2v) is 18.0.